The molecule has 0 aliphatic carbocycles. The first-order chi connectivity index (χ1) is 15.7. The van der Waals surface area contributed by atoms with Crippen LogP contribution in [0.3, 0.4) is 0 Å². The molecule has 1 aliphatic heterocycles. The summed E-state index contributed by atoms with van der Waals surface area (Å²) in [5.41, 5.74) is 1.64. The van der Waals surface area contributed by atoms with Crippen LogP contribution in [0.5, 0.6) is 0 Å². The quantitative estimate of drug-likeness (QED) is 0.403. The van der Waals surface area contributed by atoms with Crippen molar-refractivity contribution in [2.24, 2.45) is 10.9 Å². The van der Waals surface area contributed by atoms with Crippen molar-refractivity contribution in [2.75, 3.05) is 13.1 Å². The van der Waals surface area contributed by atoms with Crippen molar-refractivity contribution in [3.63, 3.8) is 0 Å². The number of hydrogen-bond acceptors (Lipinski definition) is 6. The fraction of sp³-hybridized carbons (Fsp3) is 0.364. The van der Waals surface area contributed by atoms with Crippen molar-refractivity contribution in [1.82, 2.24) is 8.87 Å². The fourth-order valence-corrected chi connectivity index (χ4v) is 6.50. The number of carbonyl (C=O) groups excluding carboxylic acids is 1. The standard InChI is InChI=1S/C22H24N4O5S2/c1-3-25-19-14-17(26(28)29)6-9-20(19)32-22(25)23-21(27)16-10-12-24(13-11-16)33(30,31)18-7-4-15(2)5-8-18/h4-9,14,16H,3,10-13H2,1-2H3. The highest BCUT2D eigenvalue weighted by molar-refractivity contribution is 7.89. The summed E-state index contributed by atoms with van der Waals surface area (Å²) in [6, 6.07) is 11.3. The molecule has 0 atom stereocenters. The Morgan fingerprint density at radius 1 is 1.18 bits per heavy atom. The molecule has 3 aromatic rings. The Labute approximate surface area is 195 Å². The lowest BCUT2D eigenvalue weighted by atomic mass is 9.98. The summed E-state index contributed by atoms with van der Waals surface area (Å²) in [7, 11) is -3.59. The van der Waals surface area contributed by atoms with Crippen LogP contribution in [0.2, 0.25) is 0 Å². The van der Waals surface area contributed by atoms with Crippen molar-refractivity contribution < 1.29 is 18.1 Å². The molecule has 1 amide bonds. The normalized spacial score (nSPS) is 16.4. The topological polar surface area (TPSA) is 115 Å². The second-order valence-electron chi connectivity index (χ2n) is 7.98. The minimum Gasteiger partial charge on any atom is -0.316 e. The third kappa shape index (κ3) is 4.61. The van der Waals surface area contributed by atoms with Crippen molar-refractivity contribution in [1.29, 1.82) is 0 Å². The Balaban J connectivity index is 1.53. The summed E-state index contributed by atoms with van der Waals surface area (Å²) in [6.45, 7) is 4.82. The van der Waals surface area contributed by atoms with Crippen LogP contribution in [0.4, 0.5) is 5.69 Å². The molecule has 4 rings (SSSR count). The minimum atomic E-state index is -3.59. The second-order valence-corrected chi connectivity index (χ2v) is 10.9. The number of nitrogens with zero attached hydrogens (tertiary/aromatic N) is 4. The highest BCUT2D eigenvalue weighted by Gasteiger charge is 2.32. The molecule has 0 spiro atoms. The largest absolute Gasteiger partial charge is 0.316 e. The molecule has 11 heteroatoms. The monoisotopic (exact) mass is 488 g/mol. The molecule has 1 saturated heterocycles. The van der Waals surface area contributed by atoms with E-state index in [1.807, 2.05) is 13.8 Å². The van der Waals surface area contributed by atoms with Gasteiger partial charge in [-0.25, -0.2) is 8.42 Å². The SMILES string of the molecule is CCn1c(=NC(=O)C2CCN(S(=O)(=O)c3ccc(C)cc3)CC2)sc2ccc([N+](=O)[O-])cc21. The van der Waals surface area contributed by atoms with Crippen molar-refractivity contribution in [2.45, 2.75) is 38.1 Å². The zero-order chi connectivity index (χ0) is 23.8. The number of fused-ring (bicyclic) bond motifs is 1. The van der Waals surface area contributed by atoms with Crippen LogP contribution in [-0.2, 0) is 21.4 Å². The molecule has 0 saturated carbocycles. The van der Waals surface area contributed by atoms with Crippen LogP contribution in [0, 0.1) is 23.0 Å². The van der Waals surface area contributed by atoms with Gasteiger partial charge in [-0.3, -0.25) is 14.9 Å². The first-order valence-corrected chi connectivity index (χ1v) is 12.9. The van der Waals surface area contributed by atoms with Crippen LogP contribution in [-0.4, -0.2) is 41.2 Å². The Morgan fingerprint density at radius 2 is 1.85 bits per heavy atom. The van der Waals surface area contributed by atoms with Gasteiger partial charge in [0, 0.05) is 37.7 Å². The minimum absolute atomic E-state index is 0.0115. The van der Waals surface area contributed by atoms with E-state index in [1.54, 1.807) is 34.9 Å². The number of non-ortho nitro benzene ring substituents is 1. The maximum absolute atomic E-state index is 12.9. The van der Waals surface area contributed by atoms with Gasteiger partial charge in [0.15, 0.2) is 4.80 Å². The molecule has 2 heterocycles. The molecule has 1 fully saturated rings. The number of piperidine rings is 1. The lowest BCUT2D eigenvalue weighted by Gasteiger charge is -2.29. The van der Waals surface area contributed by atoms with Gasteiger partial charge in [-0.05, 0) is 44.9 Å². The number of benzene rings is 2. The maximum Gasteiger partial charge on any atom is 0.271 e. The number of aromatic nitrogens is 1. The zero-order valence-electron chi connectivity index (χ0n) is 18.3. The summed E-state index contributed by atoms with van der Waals surface area (Å²) in [5.74, 6) is -0.648. The number of nitro benzene ring substituents is 1. The predicted molar refractivity (Wildman–Crippen MR) is 125 cm³/mol. The van der Waals surface area contributed by atoms with Gasteiger partial charge < -0.3 is 4.57 Å². The van der Waals surface area contributed by atoms with E-state index in [2.05, 4.69) is 4.99 Å². The molecule has 0 N–H and O–H groups in total. The van der Waals surface area contributed by atoms with Gasteiger partial charge in [-0.2, -0.15) is 9.30 Å². The van der Waals surface area contributed by atoms with E-state index in [4.69, 9.17) is 0 Å². The highest BCUT2D eigenvalue weighted by Crippen LogP contribution is 2.26. The third-order valence-electron chi connectivity index (χ3n) is 5.86. The number of rotatable bonds is 5. The zero-order valence-corrected chi connectivity index (χ0v) is 19.9. The molecule has 33 heavy (non-hydrogen) atoms. The fourth-order valence-electron chi connectivity index (χ4n) is 3.95. The van der Waals surface area contributed by atoms with E-state index in [1.165, 1.54) is 27.8 Å². The molecule has 1 aromatic heterocycles. The van der Waals surface area contributed by atoms with Crippen molar-refractivity contribution in [3.8, 4) is 0 Å². The van der Waals surface area contributed by atoms with E-state index in [0.717, 1.165) is 10.3 Å². The molecule has 0 unspecified atom stereocenters. The van der Waals surface area contributed by atoms with Crippen LogP contribution >= 0.6 is 11.3 Å². The Bertz CT molecular complexity index is 1380. The Kier molecular flexibility index (Phi) is 6.46. The molecular formula is C22H24N4O5S2. The summed E-state index contributed by atoms with van der Waals surface area (Å²) in [5, 5.41) is 11.1. The van der Waals surface area contributed by atoms with E-state index in [0.29, 0.717) is 29.7 Å². The Hall–Kier alpha value is -2.89. The number of aryl methyl sites for hydroxylation is 2. The van der Waals surface area contributed by atoms with Crippen LogP contribution in [0.15, 0.2) is 52.4 Å². The van der Waals surface area contributed by atoms with Crippen LogP contribution in [0.25, 0.3) is 10.2 Å². The second kappa shape index (κ2) is 9.16. The van der Waals surface area contributed by atoms with Crippen molar-refractivity contribution >= 4 is 43.2 Å². The molecule has 174 valence electrons. The van der Waals surface area contributed by atoms with E-state index >= 15 is 0 Å². The van der Waals surface area contributed by atoms with E-state index in [-0.39, 0.29) is 35.5 Å². The third-order valence-corrected chi connectivity index (χ3v) is 8.83. The van der Waals surface area contributed by atoms with Gasteiger partial charge in [0.1, 0.15) is 0 Å². The van der Waals surface area contributed by atoms with Gasteiger partial charge in [-0.15, -0.1) is 0 Å². The van der Waals surface area contributed by atoms with E-state index in [9.17, 15) is 23.3 Å². The first-order valence-electron chi connectivity index (χ1n) is 10.6. The van der Waals surface area contributed by atoms with E-state index < -0.39 is 14.9 Å². The van der Waals surface area contributed by atoms with Gasteiger partial charge in [0.25, 0.3) is 11.6 Å². The number of thiazole rings is 1. The number of carbonyl (C=O) groups is 1. The molecule has 1 aliphatic rings. The lowest BCUT2D eigenvalue weighted by Crippen LogP contribution is -2.40. The number of nitro groups is 1. The molecule has 0 bridgehead atoms. The average molecular weight is 489 g/mol. The first kappa shape index (κ1) is 23.3. The maximum atomic E-state index is 12.9. The summed E-state index contributed by atoms with van der Waals surface area (Å²) < 4.78 is 29.8. The van der Waals surface area contributed by atoms with Gasteiger partial charge in [0.05, 0.1) is 20.0 Å². The highest BCUT2D eigenvalue weighted by atomic mass is 32.2. The molecule has 2 aromatic carbocycles. The smallest absolute Gasteiger partial charge is 0.271 e. The number of hydrogen-bond donors (Lipinski definition) is 0. The number of sulfonamides is 1. The van der Waals surface area contributed by atoms with Gasteiger partial charge in [0.2, 0.25) is 10.0 Å². The van der Waals surface area contributed by atoms with Crippen molar-refractivity contribution in [3.05, 3.63) is 62.9 Å². The molecule has 9 nitrogen and oxygen atoms in total. The molecule has 0 radical (unpaired) electrons. The average Bonchev–Trinajstić information content (AvgIpc) is 3.15. The van der Waals surface area contributed by atoms with Crippen LogP contribution in [0.1, 0.15) is 25.3 Å². The summed E-state index contributed by atoms with van der Waals surface area (Å²) >= 11 is 1.31. The summed E-state index contributed by atoms with van der Waals surface area (Å²) in [6.07, 6.45) is 0.797. The molecular weight excluding hydrogens is 464 g/mol. The summed E-state index contributed by atoms with van der Waals surface area (Å²) in [4.78, 5) is 28.6. The van der Waals surface area contributed by atoms with Crippen LogP contribution < -0.4 is 4.80 Å². The predicted octanol–water partition coefficient (Wildman–Crippen LogP) is 3.47. The number of amides is 1. The van der Waals surface area contributed by atoms with Gasteiger partial charge >= 0.3 is 0 Å². The Morgan fingerprint density at radius 3 is 2.45 bits per heavy atom. The van der Waals surface area contributed by atoms with Gasteiger partial charge in [-0.1, -0.05) is 29.0 Å². The lowest BCUT2D eigenvalue weighted by molar-refractivity contribution is -0.384.